The Balaban J connectivity index is 1.76. The zero-order valence-corrected chi connectivity index (χ0v) is 16.9. The Hall–Kier alpha value is -3.42. The summed E-state index contributed by atoms with van der Waals surface area (Å²) in [6.45, 7) is 0.256. The minimum atomic E-state index is -0.499. The molecular weight excluding hydrogens is 376 g/mol. The van der Waals surface area contributed by atoms with Gasteiger partial charge in [-0.2, -0.15) is 0 Å². The maximum absolute atomic E-state index is 12.8. The van der Waals surface area contributed by atoms with E-state index >= 15 is 0 Å². The highest BCUT2D eigenvalue weighted by Gasteiger charge is 2.36. The standard InChI is InChI=1S/C21H24N2O6/c1-26-14-5-7-16(18(10-14)28-3)22-21(25)13-9-20(24)23(12-13)17-8-6-15(27-2)11-19(17)29-4/h5-8,10-11,13H,9,12H2,1-4H3,(H,22,25)/t13-/m0/s1. The molecule has 154 valence electrons. The number of benzene rings is 2. The number of anilines is 2. The van der Waals surface area contributed by atoms with E-state index in [1.807, 2.05) is 0 Å². The molecule has 0 spiro atoms. The van der Waals surface area contributed by atoms with Gasteiger partial charge >= 0.3 is 0 Å². The van der Waals surface area contributed by atoms with E-state index in [0.29, 0.717) is 34.4 Å². The lowest BCUT2D eigenvalue weighted by Crippen LogP contribution is -2.28. The highest BCUT2D eigenvalue weighted by atomic mass is 16.5. The van der Waals surface area contributed by atoms with Gasteiger partial charge in [-0.3, -0.25) is 9.59 Å². The number of nitrogens with one attached hydrogen (secondary N) is 1. The van der Waals surface area contributed by atoms with Crippen LogP contribution in [0.2, 0.25) is 0 Å². The molecular formula is C21H24N2O6. The number of carbonyl (C=O) groups is 2. The van der Waals surface area contributed by atoms with Gasteiger partial charge in [0.2, 0.25) is 11.8 Å². The summed E-state index contributed by atoms with van der Waals surface area (Å²) in [6.07, 6.45) is 0.111. The van der Waals surface area contributed by atoms with Crippen LogP contribution in [0.4, 0.5) is 11.4 Å². The van der Waals surface area contributed by atoms with Crippen LogP contribution in [0.15, 0.2) is 36.4 Å². The molecule has 0 bridgehead atoms. The normalized spacial score (nSPS) is 15.8. The van der Waals surface area contributed by atoms with Gasteiger partial charge < -0.3 is 29.2 Å². The van der Waals surface area contributed by atoms with Gasteiger partial charge in [0.1, 0.15) is 23.0 Å². The molecule has 2 aromatic rings. The van der Waals surface area contributed by atoms with Crippen LogP contribution in [0.3, 0.4) is 0 Å². The van der Waals surface area contributed by atoms with E-state index < -0.39 is 5.92 Å². The second-order valence-corrected chi connectivity index (χ2v) is 6.50. The van der Waals surface area contributed by atoms with Crippen molar-refractivity contribution in [1.29, 1.82) is 0 Å². The summed E-state index contributed by atoms with van der Waals surface area (Å²) in [5, 5.41) is 2.84. The van der Waals surface area contributed by atoms with Gasteiger partial charge in [0.15, 0.2) is 0 Å². The van der Waals surface area contributed by atoms with E-state index in [1.165, 1.54) is 14.2 Å². The fourth-order valence-corrected chi connectivity index (χ4v) is 3.26. The molecule has 1 heterocycles. The second kappa shape index (κ2) is 8.72. The van der Waals surface area contributed by atoms with E-state index in [1.54, 1.807) is 55.5 Å². The van der Waals surface area contributed by atoms with Gasteiger partial charge in [-0.15, -0.1) is 0 Å². The Kier molecular flexibility index (Phi) is 6.11. The summed E-state index contributed by atoms with van der Waals surface area (Å²) in [5.74, 6) is 1.34. The summed E-state index contributed by atoms with van der Waals surface area (Å²) in [5.41, 5.74) is 1.13. The molecule has 2 aromatic carbocycles. The summed E-state index contributed by atoms with van der Waals surface area (Å²) in [4.78, 5) is 26.9. The number of ether oxygens (including phenoxy) is 4. The van der Waals surface area contributed by atoms with Gasteiger partial charge in [0.25, 0.3) is 0 Å². The molecule has 2 amide bonds. The number of amides is 2. The Labute approximate surface area is 169 Å². The fourth-order valence-electron chi connectivity index (χ4n) is 3.26. The summed E-state index contributed by atoms with van der Waals surface area (Å²) in [7, 11) is 6.16. The monoisotopic (exact) mass is 400 g/mol. The van der Waals surface area contributed by atoms with E-state index in [4.69, 9.17) is 18.9 Å². The zero-order chi connectivity index (χ0) is 21.0. The van der Waals surface area contributed by atoms with Crippen molar-refractivity contribution in [2.75, 3.05) is 45.2 Å². The molecule has 0 aromatic heterocycles. The van der Waals surface area contributed by atoms with Crippen molar-refractivity contribution in [3.8, 4) is 23.0 Å². The molecule has 0 saturated carbocycles. The Morgan fingerprint density at radius 3 is 2.17 bits per heavy atom. The van der Waals surface area contributed by atoms with E-state index in [0.717, 1.165) is 0 Å². The lowest BCUT2D eigenvalue weighted by atomic mass is 10.1. The van der Waals surface area contributed by atoms with Crippen LogP contribution in [0, 0.1) is 5.92 Å². The van der Waals surface area contributed by atoms with Crippen LogP contribution in [0.25, 0.3) is 0 Å². The van der Waals surface area contributed by atoms with Crippen molar-refractivity contribution in [2.45, 2.75) is 6.42 Å². The number of hydrogen-bond acceptors (Lipinski definition) is 6. The van der Waals surface area contributed by atoms with Gasteiger partial charge in [-0.05, 0) is 24.3 Å². The number of carbonyl (C=O) groups excluding carboxylic acids is 2. The van der Waals surface area contributed by atoms with Crippen molar-refractivity contribution < 1.29 is 28.5 Å². The second-order valence-electron chi connectivity index (χ2n) is 6.50. The molecule has 1 fully saturated rings. The van der Waals surface area contributed by atoms with Gasteiger partial charge in [0, 0.05) is 25.1 Å². The average molecular weight is 400 g/mol. The minimum Gasteiger partial charge on any atom is -0.497 e. The molecule has 1 saturated heterocycles. The first-order valence-corrected chi connectivity index (χ1v) is 9.06. The molecule has 0 radical (unpaired) electrons. The van der Waals surface area contributed by atoms with Crippen LogP contribution >= 0.6 is 0 Å². The predicted molar refractivity (Wildman–Crippen MR) is 108 cm³/mol. The third-order valence-electron chi connectivity index (χ3n) is 4.84. The Bertz CT molecular complexity index is 914. The Morgan fingerprint density at radius 1 is 0.931 bits per heavy atom. The molecule has 3 rings (SSSR count). The number of rotatable bonds is 7. The third kappa shape index (κ3) is 4.21. The van der Waals surface area contributed by atoms with Crippen molar-refractivity contribution in [1.82, 2.24) is 0 Å². The molecule has 8 heteroatoms. The Morgan fingerprint density at radius 2 is 1.55 bits per heavy atom. The SMILES string of the molecule is COc1ccc(NC(=O)[C@H]2CC(=O)N(c3ccc(OC)cc3OC)C2)c(OC)c1. The van der Waals surface area contributed by atoms with Crippen molar-refractivity contribution >= 4 is 23.2 Å². The quantitative estimate of drug-likeness (QED) is 0.769. The van der Waals surface area contributed by atoms with Crippen molar-refractivity contribution in [2.24, 2.45) is 5.92 Å². The van der Waals surface area contributed by atoms with Gasteiger partial charge in [-0.25, -0.2) is 0 Å². The molecule has 1 atom stereocenters. The van der Waals surface area contributed by atoms with E-state index in [9.17, 15) is 9.59 Å². The lowest BCUT2D eigenvalue weighted by Gasteiger charge is -2.20. The van der Waals surface area contributed by atoms with Crippen LogP contribution in [0.1, 0.15) is 6.42 Å². The molecule has 0 aliphatic carbocycles. The molecule has 1 N–H and O–H groups in total. The number of methoxy groups -OCH3 is 4. The maximum Gasteiger partial charge on any atom is 0.229 e. The van der Waals surface area contributed by atoms with Crippen molar-refractivity contribution in [3.05, 3.63) is 36.4 Å². The molecule has 8 nitrogen and oxygen atoms in total. The highest BCUT2D eigenvalue weighted by molar-refractivity contribution is 6.04. The predicted octanol–water partition coefficient (Wildman–Crippen LogP) is 2.71. The summed E-state index contributed by atoms with van der Waals surface area (Å²) in [6, 6.07) is 10.3. The van der Waals surface area contributed by atoms with Crippen LogP contribution < -0.4 is 29.2 Å². The topological polar surface area (TPSA) is 86.3 Å². The van der Waals surface area contributed by atoms with Crippen LogP contribution in [-0.4, -0.2) is 46.8 Å². The van der Waals surface area contributed by atoms with E-state index in [2.05, 4.69) is 5.32 Å². The molecule has 29 heavy (non-hydrogen) atoms. The lowest BCUT2D eigenvalue weighted by molar-refractivity contribution is -0.122. The summed E-state index contributed by atoms with van der Waals surface area (Å²) < 4.78 is 21.1. The third-order valence-corrected chi connectivity index (χ3v) is 4.84. The largest absolute Gasteiger partial charge is 0.497 e. The molecule has 1 aliphatic rings. The van der Waals surface area contributed by atoms with Gasteiger partial charge in [-0.1, -0.05) is 0 Å². The maximum atomic E-state index is 12.8. The first-order chi connectivity index (χ1) is 14.0. The zero-order valence-electron chi connectivity index (χ0n) is 16.9. The number of nitrogens with zero attached hydrogens (tertiary/aromatic N) is 1. The van der Waals surface area contributed by atoms with Crippen molar-refractivity contribution in [3.63, 3.8) is 0 Å². The smallest absolute Gasteiger partial charge is 0.229 e. The first kappa shape index (κ1) is 20.3. The van der Waals surface area contributed by atoms with Crippen LogP contribution in [-0.2, 0) is 9.59 Å². The number of hydrogen-bond donors (Lipinski definition) is 1. The molecule has 0 unspecified atom stereocenters. The average Bonchev–Trinajstić information content (AvgIpc) is 3.14. The minimum absolute atomic E-state index is 0.111. The summed E-state index contributed by atoms with van der Waals surface area (Å²) >= 11 is 0. The molecule has 1 aliphatic heterocycles. The fraction of sp³-hybridized carbons (Fsp3) is 0.333. The highest BCUT2D eigenvalue weighted by Crippen LogP contribution is 2.36. The van der Waals surface area contributed by atoms with Gasteiger partial charge in [0.05, 0.1) is 45.7 Å². The van der Waals surface area contributed by atoms with E-state index in [-0.39, 0.29) is 24.8 Å². The first-order valence-electron chi connectivity index (χ1n) is 9.06. The van der Waals surface area contributed by atoms with Crippen LogP contribution in [0.5, 0.6) is 23.0 Å².